The van der Waals surface area contributed by atoms with Gasteiger partial charge in [-0.3, -0.25) is 0 Å². The molecule has 0 aliphatic carbocycles. The minimum Gasteiger partial charge on any atom is -0.445 e. The van der Waals surface area contributed by atoms with Gasteiger partial charge in [0.1, 0.15) is 6.61 Å². The lowest BCUT2D eigenvalue weighted by molar-refractivity contribution is 0.0467. The van der Waals surface area contributed by atoms with Gasteiger partial charge in [-0.2, -0.15) is 0 Å². The molecule has 0 radical (unpaired) electrons. The van der Waals surface area contributed by atoms with E-state index in [1.807, 2.05) is 30.3 Å². The minimum atomic E-state index is -0.422. The van der Waals surface area contributed by atoms with Crippen LogP contribution in [0.4, 0.5) is 4.79 Å². The van der Waals surface area contributed by atoms with E-state index in [0.29, 0.717) is 26.4 Å². The zero-order valence-corrected chi connectivity index (χ0v) is 18.3. The number of unbranched alkanes of at least 4 members (excludes halogenated alkanes) is 9. The Balaban J connectivity index is 1.74. The Morgan fingerprint density at radius 1 is 0.759 bits per heavy atom. The van der Waals surface area contributed by atoms with Gasteiger partial charge in [0.15, 0.2) is 0 Å². The summed E-state index contributed by atoms with van der Waals surface area (Å²) in [6, 6.07) is 9.62. The molecule has 0 saturated carbocycles. The van der Waals surface area contributed by atoms with E-state index in [-0.39, 0.29) is 6.61 Å². The lowest BCUT2D eigenvalue weighted by Gasteiger charge is -2.08. The average molecular weight is 408 g/mol. The standard InChI is InChI=1S/C24H41NO4/c1-2-3-4-5-6-7-8-9-10-14-18-27-20-21-28-19-17-25-24(26)29-22-23-15-12-11-13-16-23/h11-13,15-16H,2-10,14,17-22H2,1H3,(H,25,26). The third-order valence-corrected chi connectivity index (χ3v) is 4.74. The smallest absolute Gasteiger partial charge is 0.407 e. The third-order valence-electron chi connectivity index (χ3n) is 4.74. The van der Waals surface area contributed by atoms with Gasteiger partial charge >= 0.3 is 6.09 Å². The predicted molar refractivity (Wildman–Crippen MR) is 118 cm³/mol. The summed E-state index contributed by atoms with van der Waals surface area (Å²) < 4.78 is 16.2. The highest BCUT2D eigenvalue weighted by Crippen LogP contribution is 2.10. The summed E-state index contributed by atoms with van der Waals surface area (Å²) in [5, 5.41) is 2.68. The van der Waals surface area contributed by atoms with E-state index in [4.69, 9.17) is 14.2 Å². The Kier molecular flexibility index (Phi) is 17.3. The van der Waals surface area contributed by atoms with Crippen LogP contribution in [0.1, 0.15) is 76.7 Å². The molecule has 29 heavy (non-hydrogen) atoms. The van der Waals surface area contributed by atoms with Crippen molar-refractivity contribution >= 4 is 6.09 Å². The highest BCUT2D eigenvalue weighted by molar-refractivity contribution is 5.67. The Morgan fingerprint density at radius 3 is 2.00 bits per heavy atom. The van der Waals surface area contributed by atoms with Crippen LogP contribution in [0.5, 0.6) is 0 Å². The van der Waals surface area contributed by atoms with Crippen molar-refractivity contribution in [2.45, 2.75) is 77.7 Å². The Labute approximate surface area is 177 Å². The van der Waals surface area contributed by atoms with Gasteiger partial charge in [0.25, 0.3) is 0 Å². The molecule has 0 unspecified atom stereocenters. The van der Waals surface area contributed by atoms with Crippen LogP contribution in [0.2, 0.25) is 0 Å². The van der Waals surface area contributed by atoms with E-state index in [1.54, 1.807) is 0 Å². The number of alkyl carbamates (subject to hydrolysis) is 1. The van der Waals surface area contributed by atoms with E-state index in [0.717, 1.165) is 18.6 Å². The maximum atomic E-state index is 11.6. The molecule has 0 aliphatic heterocycles. The van der Waals surface area contributed by atoms with Crippen LogP contribution >= 0.6 is 0 Å². The van der Waals surface area contributed by atoms with Gasteiger partial charge in [-0.05, 0) is 12.0 Å². The zero-order valence-electron chi connectivity index (χ0n) is 18.3. The summed E-state index contributed by atoms with van der Waals surface area (Å²) in [7, 11) is 0. The first-order chi connectivity index (χ1) is 14.3. The highest BCUT2D eigenvalue weighted by Gasteiger charge is 2.01. The van der Waals surface area contributed by atoms with Crippen LogP contribution in [0, 0.1) is 0 Å². The first kappa shape index (κ1) is 25.4. The van der Waals surface area contributed by atoms with Crippen LogP contribution in [0.3, 0.4) is 0 Å². The second kappa shape index (κ2) is 19.7. The van der Waals surface area contributed by atoms with Crippen LogP contribution in [0.25, 0.3) is 0 Å². The Morgan fingerprint density at radius 2 is 1.34 bits per heavy atom. The van der Waals surface area contributed by atoms with Gasteiger partial charge in [0, 0.05) is 13.2 Å². The molecule has 0 atom stereocenters. The quantitative estimate of drug-likeness (QED) is 0.292. The number of carbonyl (C=O) groups excluding carboxylic acids is 1. The first-order valence-corrected chi connectivity index (χ1v) is 11.4. The maximum Gasteiger partial charge on any atom is 0.407 e. The fraction of sp³-hybridized carbons (Fsp3) is 0.708. The molecule has 5 nitrogen and oxygen atoms in total. The molecule has 1 N–H and O–H groups in total. The van der Waals surface area contributed by atoms with E-state index >= 15 is 0 Å². The summed E-state index contributed by atoms with van der Waals surface area (Å²) in [6.45, 7) is 5.41. The van der Waals surface area contributed by atoms with Crippen molar-refractivity contribution in [2.75, 3.05) is 33.0 Å². The SMILES string of the molecule is CCCCCCCCCCCCOCCOCCNC(=O)OCc1ccccc1. The second-order valence-corrected chi connectivity index (χ2v) is 7.40. The summed E-state index contributed by atoms with van der Waals surface area (Å²) in [5.74, 6) is 0. The second-order valence-electron chi connectivity index (χ2n) is 7.40. The summed E-state index contributed by atoms with van der Waals surface area (Å²) in [6.07, 6.45) is 12.9. The van der Waals surface area contributed by atoms with Crippen molar-refractivity contribution in [1.29, 1.82) is 0 Å². The Hall–Kier alpha value is -1.59. The van der Waals surface area contributed by atoms with Gasteiger partial charge in [-0.25, -0.2) is 4.79 Å². The van der Waals surface area contributed by atoms with Gasteiger partial charge in [0.2, 0.25) is 0 Å². The molecule has 1 rings (SSSR count). The molecule has 1 amide bonds. The lowest BCUT2D eigenvalue weighted by atomic mass is 10.1. The number of nitrogens with one attached hydrogen (secondary N) is 1. The fourth-order valence-electron chi connectivity index (χ4n) is 3.01. The summed E-state index contributed by atoms with van der Waals surface area (Å²) in [4.78, 5) is 11.6. The number of ether oxygens (including phenoxy) is 3. The number of hydrogen-bond donors (Lipinski definition) is 1. The molecule has 0 saturated heterocycles. The molecular weight excluding hydrogens is 366 g/mol. The summed E-state index contributed by atoms with van der Waals surface area (Å²) in [5.41, 5.74) is 0.971. The van der Waals surface area contributed by atoms with E-state index in [1.165, 1.54) is 57.8 Å². The molecule has 0 spiro atoms. The normalized spacial score (nSPS) is 10.8. The molecule has 1 aromatic carbocycles. The van der Waals surface area contributed by atoms with Gasteiger partial charge in [0.05, 0.1) is 19.8 Å². The molecule has 5 heteroatoms. The van der Waals surface area contributed by atoms with Crippen molar-refractivity contribution in [3.05, 3.63) is 35.9 Å². The maximum absolute atomic E-state index is 11.6. The van der Waals surface area contributed by atoms with Gasteiger partial charge in [-0.1, -0.05) is 95.0 Å². The van der Waals surface area contributed by atoms with Crippen LogP contribution in [0.15, 0.2) is 30.3 Å². The first-order valence-electron chi connectivity index (χ1n) is 11.4. The highest BCUT2D eigenvalue weighted by atomic mass is 16.5. The minimum absolute atomic E-state index is 0.278. The predicted octanol–water partition coefficient (Wildman–Crippen LogP) is 5.87. The molecule has 0 bridgehead atoms. The van der Waals surface area contributed by atoms with Gasteiger partial charge in [-0.15, -0.1) is 0 Å². The number of benzene rings is 1. The van der Waals surface area contributed by atoms with Crippen LogP contribution < -0.4 is 5.32 Å². The number of rotatable bonds is 19. The Bertz CT molecular complexity index is 481. The van der Waals surface area contributed by atoms with Crippen LogP contribution in [-0.2, 0) is 20.8 Å². The monoisotopic (exact) mass is 407 g/mol. The van der Waals surface area contributed by atoms with E-state index in [9.17, 15) is 4.79 Å². The zero-order chi connectivity index (χ0) is 20.8. The van der Waals surface area contributed by atoms with Crippen molar-refractivity contribution in [1.82, 2.24) is 5.32 Å². The molecule has 0 heterocycles. The lowest BCUT2D eigenvalue weighted by Crippen LogP contribution is -2.28. The van der Waals surface area contributed by atoms with E-state index in [2.05, 4.69) is 12.2 Å². The van der Waals surface area contributed by atoms with Crippen molar-refractivity contribution in [3.63, 3.8) is 0 Å². The topological polar surface area (TPSA) is 56.8 Å². The number of carbonyl (C=O) groups is 1. The number of hydrogen-bond acceptors (Lipinski definition) is 4. The third kappa shape index (κ3) is 17.0. The summed E-state index contributed by atoms with van der Waals surface area (Å²) >= 11 is 0. The van der Waals surface area contributed by atoms with Crippen molar-refractivity contribution < 1.29 is 19.0 Å². The molecule has 0 aromatic heterocycles. The average Bonchev–Trinajstić information content (AvgIpc) is 2.75. The van der Waals surface area contributed by atoms with Crippen molar-refractivity contribution in [2.24, 2.45) is 0 Å². The molecule has 166 valence electrons. The largest absolute Gasteiger partial charge is 0.445 e. The van der Waals surface area contributed by atoms with Crippen molar-refractivity contribution in [3.8, 4) is 0 Å². The molecule has 1 aromatic rings. The fourth-order valence-corrected chi connectivity index (χ4v) is 3.01. The van der Waals surface area contributed by atoms with Crippen LogP contribution in [-0.4, -0.2) is 39.1 Å². The van der Waals surface area contributed by atoms with Gasteiger partial charge < -0.3 is 19.5 Å². The van der Waals surface area contributed by atoms with E-state index < -0.39 is 6.09 Å². The number of amides is 1. The molecule has 0 aliphatic rings. The molecular formula is C24H41NO4. The molecule has 0 fully saturated rings.